The van der Waals surface area contributed by atoms with E-state index in [-0.39, 0.29) is 18.0 Å². The Balaban J connectivity index is 1.41. The van der Waals surface area contributed by atoms with E-state index >= 15 is 0 Å². The number of nitrogens with one attached hydrogen (secondary N) is 2. The maximum Gasteiger partial charge on any atom is 0.317 e. The standard InChI is InChI=1S/C17H31N5O3/c23-16-13-18-4-9-22(16)15-3-1-7-21(14-15)17(24)19-5-8-20-6-2-11-25-12-10-20/h15,18H,1-14H2,(H,19,24). The van der Waals surface area contributed by atoms with Gasteiger partial charge in [-0.25, -0.2) is 4.79 Å². The molecule has 3 rings (SSSR count). The average Bonchev–Trinajstić information content (AvgIpc) is 2.91. The highest BCUT2D eigenvalue weighted by atomic mass is 16.5. The van der Waals surface area contributed by atoms with Gasteiger partial charge in [0.1, 0.15) is 0 Å². The number of piperidine rings is 1. The van der Waals surface area contributed by atoms with Crippen LogP contribution in [0.4, 0.5) is 4.79 Å². The molecule has 3 amide bonds. The fourth-order valence-electron chi connectivity index (χ4n) is 3.85. The van der Waals surface area contributed by atoms with E-state index in [1.807, 2.05) is 9.80 Å². The van der Waals surface area contributed by atoms with E-state index in [1.165, 1.54) is 0 Å². The second-order valence-corrected chi connectivity index (χ2v) is 7.05. The van der Waals surface area contributed by atoms with Gasteiger partial charge in [0.05, 0.1) is 13.2 Å². The van der Waals surface area contributed by atoms with E-state index in [9.17, 15) is 9.59 Å². The third-order valence-electron chi connectivity index (χ3n) is 5.27. The van der Waals surface area contributed by atoms with Gasteiger partial charge in [-0.15, -0.1) is 0 Å². The SMILES string of the molecule is O=C(NCCN1CCCOCC1)N1CCCC(N2CCNCC2=O)C1. The fourth-order valence-corrected chi connectivity index (χ4v) is 3.85. The molecule has 1 atom stereocenters. The van der Waals surface area contributed by atoms with Crippen LogP contribution < -0.4 is 10.6 Å². The highest BCUT2D eigenvalue weighted by Gasteiger charge is 2.31. The molecule has 0 saturated carbocycles. The van der Waals surface area contributed by atoms with E-state index < -0.39 is 0 Å². The van der Waals surface area contributed by atoms with Gasteiger partial charge in [0.15, 0.2) is 0 Å². The highest BCUT2D eigenvalue weighted by molar-refractivity contribution is 5.79. The number of amides is 3. The molecule has 0 aliphatic carbocycles. The first-order valence-electron chi connectivity index (χ1n) is 9.57. The summed E-state index contributed by atoms with van der Waals surface area (Å²) in [4.78, 5) is 30.7. The van der Waals surface area contributed by atoms with Crippen molar-refractivity contribution < 1.29 is 14.3 Å². The Labute approximate surface area is 149 Å². The molecule has 0 spiro atoms. The van der Waals surface area contributed by atoms with Crippen LogP contribution in [-0.2, 0) is 9.53 Å². The number of urea groups is 1. The molecule has 0 aromatic carbocycles. The highest BCUT2D eigenvalue weighted by Crippen LogP contribution is 2.17. The number of ether oxygens (including phenoxy) is 1. The Hall–Kier alpha value is -1.38. The number of rotatable bonds is 4. The van der Waals surface area contributed by atoms with Crippen molar-refractivity contribution in [2.75, 3.05) is 72.1 Å². The summed E-state index contributed by atoms with van der Waals surface area (Å²) in [6.07, 6.45) is 3.00. The lowest BCUT2D eigenvalue weighted by Crippen LogP contribution is -2.58. The molecular formula is C17H31N5O3. The van der Waals surface area contributed by atoms with Crippen LogP contribution in [-0.4, -0.2) is 105 Å². The van der Waals surface area contributed by atoms with Gasteiger partial charge in [-0.2, -0.15) is 0 Å². The molecule has 3 aliphatic rings. The Bertz CT molecular complexity index is 454. The number of nitrogens with zero attached hydrogens (tertiary/aromatic N) is 3. The molecule has 3 heterocycles. The van der Waals surface area contributed by atoms with Gasteiger partial charge in [0.2, 0.25) is 5.91 Å². The van der Waals surface area contributed by atoms with E-state index in [1.54, 1.807) is 0 Å². The smallest absolute Gasteiger partial charge is 0.317 e. The third kappa shape index (κ3) is 5.29. The maximum atomic E-state index is 12.5. The van der Waals surface area contributed by atoms with Crippen LogP contribution >= 0.6 is 0 Å². The number of carbonyl (C=O) groups is 2. The minimum atomic E-state index is -0.00152. The zero-order valence-corrected chi connectivity index (χ0v) is 15.0. The molecule has 0 radical (unpaired) electrons. The van der Waals surface area contributed by atoms with Crippen molar-refractivity contribution in [3.63, 3.8) is 0 Å². The van der Waals surface area contributed by atoms with E-state index in [0.717, 1.165) is 71.7 Å². The summed E-state index contributed by atoms with van der Waals surface area (Å²) in [5, 5.41) is 6.15. The van der Waals surface area contributed by atoms with Gasteiger partial charge in [-0.3, -0.25) is 9.69 Å². The molecule has 0 bridgehead atoms. The molecule has 8 heteroatoms. The molecule has 3 aliphatic heterocycles. The van der Waals surface area contributed by atoms with Crippen molar-refractivity contribution in [1.29, 1.82) is 0 Å². The summed E-state index contributed by atoms with van der Waals surface area (Å²) in [5.41, 5.74) is 0. The van der Waals surface area contributed by atoms with Crippen LogP contribution in [0.3, 0.4) is 0 Å². The third-order valence-corrected chi connectivity index (χ3v) is 5.27. The first-order chi connectivity index (χ1) is 12.2. The number of hydrogen-bond donors (Lipinski definition) is 2. The van der Waals surface area contributed by atoms with Crippen LogP contribution in [0.5, 0.6) is 0 Å². The van der Waals surface area contributed by atoms with Crippen molar-refractivity contribution in [2.45, 2.75) is 25.3 Å². The van der Waals surface area contributed by atoms with E-state index in [2.05, 4.69) is 15.5 Å². The van der Waals surface area contributed by atoms with Crippen LogP contribution in [0.25, 0.3) is 0 Å². The largest absolute Gasteiger partial charge is 0.380 e. The predicted octanol–water partition coefficient (Wildman–Crippen LogP) is -0.685. The summed E-state index contributed by atoms with van der Waals surface area (Å²) >= 11 is 0. The van der Waals surface area contributed by atoms with Crippen LogP contribution in [0, 0.1) is 0 Å². The van der Waals surface area contributed by atoms with Crippen molar-refractivity contribution in [2.24, 2.45) is 0 Å². The summed E-state index contributed by atoms with van der Waals surface area (Å²) in [6, 6.07) is 0.162. The maximum absolute atomic E-state index is 12.5. The topological polar surface area (TPSA) is 77.2 Å². The van der Waals surface area contributed by atoms with Crippen molar-refractivity contribution >= 4 is 11.9 Å². The molecule has 0 aromatic heterocycles. The van der Waals surface area contributed by atoms with Gasteiger partial charge in [-0.1, -0.05) is 0 Å². The Morgan fingerprint density at radius 3 is 3.00 bits per heavy atom. The minimum Gasteiger partial charge on any atom is -0.380 e. The molecule has 0 aromatic rings. The Morgan fingerprint density at radius 1 is 1.20 bits per heavy atom. The summed E-state index contributed by atoms with van der Waals surface area (Å²) in [5.74, 6) is 0.155. The molecule has 3 saturated heterocycles. The van der Waals surface area contributed by atoms with Crippen molar-refractivity contribution in [3.05, 3.63) is 0 Å². The lowest BCUT2D eigenvalue weighted by atomic mass is 10.0. The fraction of sp³-hybridized carbons (Fsp3) is 0.882. The monoisotopic (exact) mass is 353 g/mol. The van der Waals surface area contributed by atoms with Crippen LogP contribution in [0.15, 0.2) is 0 Å². The van der Waals surface area contributed by atoms with E-state index in [0.29, 0.717) is 19.6 Å². The molecule has 3 fully saturated rings. The van der Waals surface area contributed by atoms with Crippen LogP contribution in [0.1, 0.15) is 19.3 Å². The quantitative estimate of drug-likeness (QED) is 0.700. The summed E-state index contributed by atoms with van der Waals surface area (Å²) in [7, 11) is 0. The van der Waals surface area contributed by atoms with Gasteiger partial charge in [0, 0.05) is 65.0 Å². The molecule has 8 nitrogen and oxygen atoms in total. The Morgan fingerprint density at radius 2 is 2.12 bits per heavy atom. The summed E-state index contributed by atoms with van der Waals surface area (Å²) in [6.45, 7) is 8.54. The molecular weight excluding hydrogens is 322 g/mol. The average molecular weight is 353 g/mol. The van der Waals surface area contributed by atoms with Crippen molar-refractivity contribution in [3.8, 4) is 0 Å². The second-order valence-electron chi connectivity index (χ2n) is 7.05. The summed E-state index contributed by atoms with van der Waals surface area (Å²) < 4.78 is 5.45. The first kappa shape index (κ1) is 18.4. The van der Waals surface area contributed by atoms with Gasteiger partial charge >= 0.3 is 6.03 Å². The Kier molecular flexibility index (Phi) is 6.89. The predicted molar refractivity (Wildman–Crippen MR) is 94.5 cm³/mol. The first-order valence-corrected chi connectivity index (χ1v) is 9.57. The van der Waals surface area contributed by atoms with E-state index in [4.69, 9.17) is 4.74 Å². The number of hydrogen-bond acceptors (Lipinski definition) is 5. The molecule has 142 valence electrons. The second kappa shape index (κ2) is 9.35. The normalized spacial score (nSPS) is 26.4. The zero-order valence-electron chi connectivity index (χ0n) is 15.0. The van der Waals surface area contributed by atoms with Gasteiger partial charge in [0.25, 0.3) is 0 Å². The number of carbonyl (C=O) groups excluding carboxylic acids is 2. The lowest BCUT2D eigenvalue weighted by molar-refractivity contribution is -0.135. The molecule has 1 unspecified atom stereocenters. The van der Waals surface area contributed by atoms with Crippen LogP contribution in [0.2, 0.25) is 0 Å². The number of piperazine rings is 1. The lowest BCUT2D eigenvalue weighted by Gasteiger charge is -2.41. The van der Waals surface area contributed by atoms with Gasteiger partial charge in [-0.05, 0) is 19.3 Å². The zero-order chi connectivity index (χ0) is 17.5. The van der Waals surface area contributed by atoms with Gasteiger partial charge < -0.3 is 25.2 Å². The van der Waals surface area contributed by atoms with Crippen molar-refractivity contribution in [1.82, 2.24) is 25.3 Å². The number of likely N-dealkylation sites (tertiary alicyclic amines) is 1. The minimum absolute atomic E-state index is 0.00152. The molecule has 25 heavy (non-hydrogen) atoms. The molecule has 2 N–H and O–H groups in total.